The van der Waals surface area contributed by atoms with E-state index >= 15 is 0 Å². The summed E-state index contributed by atoms with van der Waals surface area (Å²) in [5.41, 5.74) is 1.21. The predicted octanol–water partition coefficient (Wildman–Crippen LogP) is 4.11. The monoisotopic (exact) mass is 337 g/mol. The van der Waals surface area contributed by atoms with Crippen LogP contribution in [0.3, 0.4) is 0 Å². The maximum atomic E-state index is 12.9. The van der Waals surface area contributed by atoms with Gasteiger partial charge in [0.05, 0.1) is 5.56 Å². The van der Waals surface area contributed by atoms with E-state index in [1.54, 1.807) is 6.20 Å². The third-order valence-electron chi connectivity index (χ3n) is 6.77. The number of esters is 1. The number of para-hydroxylation sites is 1. The smallest absolute Gasteiger partial charge is 0.340 e. The minimum Gasteiger partial charge on any atom is -0.454 e. The number of ketones is 1. The van der Waals surface area contributed by atoms with Crippen molar-refractivity contribution in [3.05, 3.63) is 36.0 Å². The molecule has 4 heteroatoms. The molecule has 4 nitrogen and oxygen atoms in total. The summed E-state index contributed by atoms with van der Waals surface area (Å²) in [6.45, 7) is -0.0789. The number of benzene rings is 1. The Morgan fingerprint density at radius 3 is 2.36 bits per heavy atom. The van der Waals surface area contributed by atoms with Gasteiger partial charge < -0.3 is 9.72 Å². The Hall–Kier alpha value is -2.10. The first-order valence-corrected chi connectivity index (χ1v) is 9.39. The number of carbonyl (C=O) groups is 2. The molecule has 1 aromatic carbocycles. The first kappa shape index (κ1) is 15.2. The quantitative estimate of drug-likeness (QED) is 0.854. The van der Waals surface area contributed by atoms with Crippen LogP contribution in [0.4, 0.5) is 0 Å². The minimum absolute atomic E-state index is 0.0789. The molecular weight excluding hydrogens is 314 g/mol. The Labute approximate surface area is 146 Å². The van der Waals surface area contributed by atoms with E-state index in [0.717, 1.165) is 47.9 Å². The van der Waals surface area contributed by atoms with Gasteiger partial charge in [0.15, 0.2) is 12.4 Å². The van der Waals surface area contributed by atoms with Crippen molar-refractivity contribution in [2.24, 2.45) is 23.2 Å². The maximum Gasteiger partial charge on any atom is 0.340 e. The summed E-state index contributed by atoms with van der Waals surface area (Å²) in [5, 5.41) is 0.842. The first-order valence-electron chi connectivity index (χ1n) is 9.39. The summed E-state index contributed by atoms with van der Waals surface area (Å²) in [6.07, 6.45) is 8.64. The molecule has 1 N–H and O–H groups in total. The second-order valence-corrected chi connectivity index (χ2v) is 8.45. The minimum atomic E-state index is -0.407. The van der Waals surface area contributed by atoms with Crippen molar-refractivity contribution in [1.29, 1.82) is 0 Å². The third kappa shape index (κ3) is 2.42. The van der Waals surface area contributed by atoms with Gasteiger partial charge in [-0.15, -0.1) is 0 Å². The Morgan fingerprint density at radius 1 is 1.04 bits per heavy atom. The van der Waals surface area contributed by atoms with Gasteiger partial charge in [0.25, 0.3) is 0 Å². The third-order valence-corrected chi connectivity index (χ3v) is 6.77. The average Bonchev–Trinajstić information content (AvgIpc) is 3.02. The lowest BCUT2D eigenvalue weighted by Gasteiger charge is -2.55. The van der Waals surface area contributed by atoms with Crippen LogP contribution in [0.5, 0.6) is 0 Å². The number of aromatic nitrogens is 1. The summed E-state index contributed by atoms with van der Waals surface area (Å²) >= 11 is 0. The molecule has 4 aliphatic rings. The van der Waals surface area contributed by atoms with E-state index in [4.69, 9.17) is 4.74 Å². The molecule has 0 amide bonds. The van der Waals surface area contributed by atoms with Crippen LogP contribution in [0, 0.1) is 23.2 Å². The van der Waals surface area contributed by atoms with Crippen LogP contribution in [0.15, 0.2) is 30.5 Å². The number of fused-ring (bicyclic) bond motifs is 1. The molecule has 1 heterocycles. The molecule has 2 aromatic rings. The molecule has 25 heavy (non-hydrogen) atoms. The lowest BCUT2D eigenvalue weighted by atomic mass is 9.48. The molecule has 4 bridgehead atoms. The molecule has 0 saturated heterocycles. The standard InChI is InChI=1S/C21H23NO3/c23-19(21-8-13-5-14(9-21)7-15(6-13)10-21)12-25-20(24)17-11-22-18-4-2-1-3-16(17)18/h1-4,11,13-15,22H,5-10,12H2. The number of ether oxygens (including phenoxy) is 1. The van der Waals surface area contributed by atoms with Crippen LogP contribution < -0.4 is 0 Å². The summed E-state index contributed by atoms with van der Waals surface area (Å²) in [7, 11) is 0. The second kappa shape index (κ2) is 5.45. The number of carbonyl (C=O) groups excluding carboxylic acids is 2. The van der Waals surface area contributed by atoms with Gasteiger partial charge in [0.2, 0.25) is 0 Å². The Bertz CT molecular complexity index is 814. The normalized spacial score (nSPS) is 32.9. The second-order valence-electron chi connectivity index (χ2n) is 8.45. The molecule has 0 atom stereocenters. The number of hydrogen-bond donors (Lipinski definition) is 1. The summed E-state index contributed by atoms with van der Waals surface area (Å²) in [5.74, 6) is 1.91. The van der Waals surface area contributed by atoms with Crippen molar-refractivity contribution in [1.82, 2.24) is 4.98 Å². The van der Waals surface area contributed by atoms with Crippen LogP contribution in [0.2, 0.25) is 0 Å². The van der Waals surface area contributed by atoms with Crippen molar-refractivity contribution in [3.63, 3.8) is 0 Å². The molecule has 6 rings (SSSR count). The summed E-state index contributed by atoms with van der Waals surface area (Å²) in [4.78, 5) is 28.5. The van der Waals surface area contributed by atoms with Gasteiger partial charge >= 0.3 is 5.97 Å². The zero-order valence-electron chi connectivity index (χ0n) is 14.3. The van der Waals surface area contributed by atoms with Gasteiger partial charge in [-0.3, -0.25) is 4.79 Å². The van der Waals surface area contributed by atoms with Crippen LogP contribution in [0.25, 0.3) is 10.9 Å². The zero-order chi connectivity index (χ0) is 17.0. The predicted molar refractivity (Wildman–Crippen MR) is 94.2 cm³/mol. The Kier molecular flexibility index (Phi) is 3.31. The van der Waals surface area contributed by atoms with E-state index in [1.807, 2.05) is 24.3 Å². The number of nitrogens with one attached hydrogen (secondary N) is 1. The Morgan fingerprint density at radius 2 is 1.68 bits per heavy atom. The van der Waals surface area contributed by atoms with E-state index < -0.39 is 5.97 Å². The van der Waals surface area contributed by atoms with E-state index in [1.165, 1.54) is 19.3 Å². The van der Waals surface area contributed by atoms with Gasteiger partial charge in [-0.2, -0.15) is 0 Å². The number of aromatic amines is 1. The average molecular weight is 337 g/mol. The van der Waals surface area contributed by atoms with Gasteiger partial charge in [0, 0.05) is 22.5 Å². The van der Waals surface area contributed by atoms with E-state index in [2.05, 4.69) is 4.98 Å². The van der Waals surface area contributed by atoms with Crippen molar-refractivity contribution < 1.29 is 14.3 Å². The first-order chi connectivity index (χ1) is 12.1. The highest BCUT2D eigenvalue weighted by molar-refractivity contribution is 6.04. The topological polar surface area (TPSA) is 59.2 Å². The molecule has 0 unspecified atom stereocenters. The summed E-state index contributed by atoms with van der Waals surface area (Å²) < 4.78 is 5.44. The van der Waals surface area contributed by atoms with Crippen molar-refractivity contribution in [2.45, 2.75) is 38.5 Å². The molecule has 0 spiro atoms. The molecule has 0 aliphatic heterocycles. The highest BCUT2D eigenvalue weighted by atomic mass is 16.5. The van der Waals surface area contributed by atoms with Gasteiger partial charge in [0.1, 0.15) is 0 Å². The van der Waals surface area contributed by atoms with Crippen LogP contribution in [-0.2, 0) is 9.53 Å². The number of hydrogen-bond acceptors (Lipinski definition) is 3. The fraction of sp³-hybridized carbons (Fsp3) is 0.524. The molecule has 130 valence electrons. The van der Waals surface area contributed by atoms with Crippen molar-refractivity contribution in [2.75, 3.05) is 6.61 Å². The molecule has 0 radical (unpaired) electrons. The largest absolute Gasteiger partial charge is 0.454 e. The van der Waals surface area contributed by atoms with Gasteiger partial charge in [-0.1, -0.05) is 18.2 Å². The number of H-pyrrole nitrogens is 1. The lowest BCUT2D eigenvalue weighted by Crippen LogP contribution is -2.51. The van der Waals surface area contributed by atoms with E-state index in [0.29, 0.717) is 5.56 Å². The lowest BCUT2D eigenvalue weighted by molar-refractivity contribution is -0.147. The summed E-state index contributed by atoms with van der Waals surface area (Å²) in [6, 6.07) is 7.63. The highest BCUT2D eigenvalue weighted by Gasteiger charge is 2.54. The van der Waals surface area contributed by atoms with E-state index in [-0.39, 0.29) is 17.8 Å². The van der Waals surface area contributed by atoms with Gasteiger partial charge in [-0.05, 0) is 62.3 Å². The fourth-order valence-electron chi connectivity index (χ4n) is 6.05. The number of rotatable bonds is 4. The number of Topliss-reactive ketones (excluding diaryl/α,β-unsaturated/α-hetero) is 1. The van der Waals surface area contributed by atoms with Crippen LogP contribution in [-0.4, -0.2) is 23.3 Å². The molecular formula is C21H23NO3. The van der Waals surface area contributed by atoms with Gasteiger partial charge in [-0.25, -0.2) is 4.79 Å². The van der Waals surface area contributed by atoms with Crippen molar-refractivity contribution in [3.8, 4) is 0 Å². The highest BCUT2D eigenvalue weighted by Crippen LogP contribution is 2.60. The van der Waals surface area contributed by atoms with E-state index in [9.17, 15) is 9.59 Å². The molecule has 1 aromatic heterocycles. The molecule has 4 fully saturated rings. The Balaban J connectivity index is 1.30. The maximum absolute atomic E-state index is 12.9. The van der Waals surface area contributed by atoms with Crippen molar-refractivity contribution >= 4 is 22.7 Å². The molecule has 4 aliphatic carbocycles. The SMILES string of the molecule is O=C(OCC(=O)C12CC3CC(CC(C3)C1)C2)c1c[nH]c2ccccc12. The van der Waals surface area contributed by atoms with Crippen LogP contribution in [0.1, 0.15) is 48.9 Å². The van der Waals surface area contributed by atoms with Crippen LogP contribution >= 0.6 is 0 Å². The fourth-order valence-corrected chi connectivity index (χ4v) is 6.05. The molecule has 4 saturated carbocycles. The zero-order valence-corrected chi connectivity index (χ0v) is 14.3.